The summed E-state index contributed by atoms with van der Waals surface area (Å²) >= 11 is 1.51. The highest BCUT2D eigenvalue weighted by Crippen LogP contribution is 2.11. The molecule has 0 atom stereocenters. The number of carbonyl (C=O) groups excluding carboxylic acids is 1. The predicted molar refractivity (Wildman–Crippen MR) is 48.1 cm³/mol. The summed E-state index contributed by atoms with van der Waals surface area (Å²) in [5.74, 6) is 0.970. The van der Waals surface area contributed by atoms with E-state index in [9.17, 15) is 4.79 Å². The fourth-order valence-electron chi connectivity index (χ4n) is 0.646. The second-order valence-electron chi connectivity index (χ2n) is 2.33. The van der Waals surface area contributed by atoms with E-state index in [0.717, 1.165) is 10.9 Å². The molecule has 1 rings (SSSR count). The molecule has 0 N–H and O–H groups in total. The average molecular weight is 182 g/mol. The van der Waals surface area contributed by atoms with Gasteiger partial charge in [0.2, 0.25) is 0 Å². The fraction of sp³-hybridized carbons (Fsp3) is 0.375. The first kappa shape index (κ1) is 9.19. The predicted octanol–water partition coefficient (Wildman–Crippen LogP) is 1.55. The van der Waals surface area contributed by atoms with Crippen molar-refractivity contribution in [2.75, 3.05) is 5.75 Å². The van der Waals surface area contributed by atoms with Crippen molar-refractivity contribution in [3.05, 3.63) is 18.5 Å². The lowest BCUT2D eigenvalue weighted by Gasteiger charge is -1.95. The van der Waals surface area contributed by atoms with Gasteiger partial charge in [0.05, 0.1) is 0 Å². The van der Waals surface area contributed by atoms with Crippen LogP contribution in [0.2, 0.25) is 0 Å². The summed E-state index contributed by atoms with van der Waals surface area (Å²) in [5, 5.41) is 0.735. The van der Waals surface area contributed by atoms with Crippen LogP contribution in [0, 0.1) is 0 Å². The van der Waals surface area contributed by atoms with Gasteiger partial charge in [0, 0.05) is 24.6 Å². The molecule has 64 valence electrons. The van der Waals surface area contributed by atoms with Crippen molar-refractivity contribution in [3.63, 3.8) is 0 Å². The molecule has 4 heteroatoms. The van der Waals surface area contributed by atoms with E-state index >= 15 is 0 Å². The minimum absolute atomic E-state index is 0.207. The van der Waals surface area contributed by atoms with Crippen LogP contribution in [0.15, 0.2) is 23.6 Å². The van der Waals surface area contributed by atoms with Crippen LogP contribution in [-0.2, 0) is 4.79 Å². The van der Waals surface area contributed by atoms with Crippen molar-refractivity contribution >= 4 is 17.5 Å². The van der Waals surface area contributed by atoms with Crippen LogP contribution in [0.3, 0.4) is 0 Å². The Hall–Kier alpha value is -0.900. The van der Waals surface area contributed by atoms with E-state index in [1.807, 2.05) is 0 Å². The lowest BCUT2D eigenvalue weighted by atomic mass is 10.4. The molecule has 1 heterocycles. The van der Waals surface area contributed by atoms with E-state index in [4.69, 9.17) is 0 Å². The van der Waals surface area contributed by atoms with Gasteiger partial charge in [-0.15, -0.1) is 0 Å². The quantitative estimate of drug-likeness (QED) is 0.523. The van der Waals surface area contributed by atoms with E-state index < -0.39 is 0 Å². The Kier molecular flexibility index (Phi) is 3.73. The molecule has 0 aliphatic heterocycles. The standard InChI is InChI=1S/C8H10N2OS/c1-7(11)3-6-12-8-9-4-2-5-10-8/h2,4-5H,3,6H2,1H3. The molecule has 1 aromatic rings. The maximum atomic E-state index is 10.6. The topological polar surface area (TPSA) is 42.9 Å². The minimum atomic E-state index is 0.207. The summed E-state index contributed by atoms with van der Waals surface area (Å²) in [6.07, 6.45) is 3.98. The van der Waals surface area contributed by atoms with E-state index in [1.165, 1.54) is 11.8 Å². The minimum Gasteiger partial charge on any atom is -0.300 e. The van der Waals surface area contributed by atoms with Gasteiger partial charge >= 0.3 is 0 Å². The van der Waals surface area contributed by atoms with Gasteiger partial charge in [-0.25, -0.2) is 9.97 Å². The first-order chi connectivity index (χ1) is 5.79. The highest BCUT2D eigenvalue weighted by molar-refractivity contribution is 7.99. The van der Waals surface area contributed by atoms with Crippen LogP contribution in [0.25, 0.3) is 0 Å². The monoisotopic (exact) mass is 182 g/mol. The molecular formula is C8H10N2OS. The Balaban J connectivity index is 2.29. The molecule has 0 radical (unpaired) electrons. The third-order valence-electron chi connectivity index (χ3n) is 1.23. The lowest BCUT2D eigenvalue weighted by Crippen LogP contribution is -1.93. The highest BCUT2D eigenvalue weighted by atomic mass is 32.2. The molecule has 0 aliphatic rings. The van der Waals surface area contributed by atoms with Gasteiger partial charge in [0.25, 0.3) is 0 Å². The molecule has 0 aliphatic carbocycles. The molecule has 0 saturated heterocycles. The van der Waals surface area contributed by atoms with Gasteiger partial charge in [0.1, 0.15) is 5.78 Å². The Labute approximate surface area is 75.6 Å². The van der Waals surface area contributed by atoms with E-state index in [-0.39, 0.29) is 5.78 Å². The normalized spacial score (nSPS) is 9.75. The molecule has 0 bridgehead atoms. The number of nitrogens with zero attached hydrogens (tertiary/aromatic N) is 2. The van der Waals surface area contributed by atoms with Gasteiger partial charge in [-0.2, -0.15) is 0 Å². The SMILES string of the molecule is CC(=O)CCSc1ncccn1. The van der Waals surface area contributed by atoms with Crippen LogP contribution >= 0.6 is 11.8 Å². The van der Waals surface area contributed by atoms with Crippen LogP contribution in [0.1, 0.15) is 13.3 Å². The first-order valence-corrected chi connectivity index (χ1v) is 4.67. The summed E-state index contributed by atoms with van der Waals surface area (Å²) in [4.78, 5) is 18.6. The van der Waals surface area contributed by atoms with Crippen molar-refractivity contribution < 1.29 is 4.79 Å². The van der Waals surface area contributed by atoms with E-state index in [2.05, 4.69) is 9.97 Å². The van der Waals surface area contributed by atoms with Gasteiger partial charge in [0.15, 0.2) is 5.16 Å². The maximum Gasteiger partial charge on any atom is 0.187 e. The summed E-state index contributed by atoms with van der Waals surface area (Å²) in [5.41, 5.74) is 0. The number of carbonyl (C=O) groups is 1. The molecule has 3 nitrogen and oxygen atoms in total. The van der Waals surface area contributed by atoms with Gasteiger partial charge < -0.3 is 0 Å². The molecule has 1 aromatic heterocycles. The molecule has 0 unspecified atom stereocenters. The molecule has 0 amide bonds. The molecule has 0 saturated carbocycles. The molecule has 0 fully saturated rings. The molecular weight excluding hydrogens is 172 g/mol. The summed E-state index contributed by atoms with van der Waals surface area (Å²) < 4.78 is 0. The fourth-order valence-corrected chi connectivity index (χ4v) is 1.49. The van der Waals surface area contributed by atoms with Crippen LogP contribution < -0.4 is 0 Å². The average Bonchev–Trinajstić information content (AvgIpc) is 2.05. The zero-order valence-electron chi connectivity index (χ0n) is 6.86. The summed E-state index contributed by atoms with van der Waals surface area (Å²) in [6.45, 7) is 1.59. The summed E-state index contributed by atoms with van der Waals surface area (Å²) in [6, 6.07) is 1.77. The van der Waals surface area contributed by atoms with Crippen molar-refractivity contribution in [2.45, 2.75) is 18.5 Å². The molecule has 12 heavy (non-hydrogen) atoms. The lowest BCUT2D eigenvalue weighted by molar-refractivity contribution is -0.116. The van der Waals surface area contributed by atoms with E-state index in [1.54, 1.807) is 25.4 Å². The largest absolute Gasteiger partial charge is 0.300 e. The molecule has 0 aromatic carbocycles. The maximum absolute atomic E-state index is 10.6. The Morgan fingerprint density at radius 1 is 1.50 bits per heavy atom. The number of Topliss-reactive ketones (excluding diaryl/α,β-unsaturated/α-hetero) is 1. The van der Waals surface area contributed by atoms with Crippen molar-refractivity contribution in [3.8, 4) is 0 Å². The Bertz CT molecular complexity index is 250. The summed E-state index contributed by atoms with van der Waals surface area (Å²) in [7, 11) is 0. The highest BCUT2D eigenvalue weighted by Gasteiger charge is 1.97. The number of hydrogen-bond acceptors (Lipinski definition) is 4. The number of aromatic nitrogens is 2. The number of hydrogen-bond donors (Lipinski definition) is 0. The zero-order chi connectivity index (χ0) is 8.81. The number of ketones is 1. The van der Waals surface area contributed by atoms with Crippen molar-refractivity contribution in [1.82, 2.24) is 9.97 Å². The van der Waals surface area contributed by atoms with Gasteiger partial charge in [-0.1, -0.05) is 11.8 Å². The van der Waals surface area contributed by atoms with Crippen LogP contribution in [-0.4, -0.2) is 21.5 Å². The molecule has 0 spiro atoms. The smallest absolute Gasteiger partial charge is 0.187 e. The number of thioether (sulfide) groups is 1. The third-order valence-corrected chi connectivity index (χ3v) is 2.10. The van der Waals surface area contributed by atoms with Crippen LogP contribution in [0.4, 0.5) is 0 Å². The number of rotatable bonds is 4. The second-order valence-corrected chi connectivity index (χ2v) is 3.39. The Morgan fingerprint density at radius 2 is 2.17 bits per heavy atom. The van der Waals surface area contributed by atoms with Gasteiger partial charge in [-0.05, 0) is 13.0 Å². The van der Waals surface area contributed by atoms with E-state index in [0.29, 0.717) is 6.42 Å². The first-order valence-electron chi connectivity index (χ1n) is 3.68. The zero-order valence-corrected chi connectivity index (χ0v) is 7.67. The van der Waals surface area contributed by atoms with Crippen molar-refractivity contribution in [2.24, 2.45) is 0 Å². The van der Waals surface area contributed by atoms with Crippen LogP contribution in [0.5, 0.6) is 0 Å². The van der Waals surface area contributed by atoms with Crippen molar-refractivity contribution in [1.29, 1.82) is 0 Å². The van der Waals surface area contributed by atoms with Gasteiger partial charge in [-0.3, -0.25) is 4.79 Å². The second kappa shape index (κ2) is 4.87. The third kappa shape index (κ3) is 3.48. The Morgan fingerprint density at radius 3 is 2.75 bits per heavy atom.